The SMILES string of the molecule is CCNC(=O)c1cc(OCc2cccc(OCCCC(=O)O)c2CCC(=O)O)cc(-c2ccc3c(c2)OCCO3)c1. The van der Waals surface area contributed by atoms with E-state index >= 15 is 0 Å². The Morgan fingerprint density at radius 1 is 0.878 bits per heavy atom. The van der Waals surface area contributed by atoms with E-state index in [9.17, 15) is 19.5 Å². The first kappa shape index (κ1) is 29.3. The summed E-state index contributed by atoms with van der Waals surface area (Å²) in [5.41, 5.74) is 3.41. The van der Waals surface area contributed by atoms with E-state index < -0.39 is 11.9 Å². The lowest BCUT2D eigenvalue weighted by molar-refractivity contribution is -0.138. The van der Waals surface area contributed by atoms with Crippen LogP contribution in [-0.4, -0.2) is 54.4 Å². The fourth-order valence-electron chi connectivity index (χ4n) is 4.43. The second-order valence-corrected chi connectivity index (χ2v) is 9.39. The Hall–Kier alpha value is -4.73. The van der Waals surface area contributed by atoms with Gasteiger partial charge in [-0.15, -0.1) is 0 Å². The molecule has 3 aromatic rings. The molecule has 216 valence electrons. The Labute approximate surface area is 237 Å². The van der Waals surface area contributed by atoms with Crippen molar-refractivity contribution in [3.8, 4) is 34.1 Å². The fourth-order valence-corrected chi connectivity index (χ4v) is 4.43. The minimum absolute atomic E-state index is 0.0269. The van der Waals surface area contributed by atoms with Crippen LogP contribution in [0.5, 0.6) is 23.0 Å². The standard InChI is InChI=1S/C31H33NO9/c1-2-32-31(37)23-15-22(20-8-10-27-28(18-20)40-14-13-39-27)16-24(17-23)41-19-21-5-3-6-26(25(21)9-11-30(35)36)38-12-4-7-29(33)34/h3,5-6,8,10,15-18H,2,4,7,9,11-14,19H2,1H3,(H,32,37)(H,33,34)(H,35,36). The van der Waals surface area contributed by atoms with Crippen molar-refractivity contribution in [3.05, 3.63) is 71.3 Å². The Morgan fingerprint density at radius 2 is 1.66 bits per heavy atom. The molecule has 4 rings (SSSR count). The number of carboxylic acids is 2. The molecule has 1 aliphatic heterocycles. The lowest BCUT2D eigenvalue weighted by Crippen LogP contribution is -2.22. The van der Waals surface area contributed by atoms with E-state index in [0.29, 0.717) is 60.3 Å². The molecule has 0 atom stereocenters. The summed E-state index contributed by atoms with van der Waals surface area (Å²) >= 11 is 0. The van der Waals surface area contributed by atoms with Gasteiger partial charge in [0.05, 0.1) is 6.61 Å². The molecule has 10 heteroatoms. The van der Waals surface area contributed by atoms with Crippen molar-refractivity contribution in [2.75, 3.05) is 26.4 Å². The number of nitrogens with one attached hydrogen (secondary N) is 1. The molecule has 0 radical (unpaired) electrons. The van der Waals surface area contributed by atoms with Crippen LogP contribution in [0.2, 0.25) is 0 Å². The minimum atomic E-state index is -0.948. The number of aliphatic carboxylic acids is 2. The Kier molecular flexibility index (Phi) is 10.0. The van der Waals surface area contributed by atoms with Crippen LogP contribution >= 0.6 is 0 Å². The number of carboxylic acid groups (broad SMARTS) is 2. The number of hydrogen-bond donors (Lipinski definition) is 3. The Bertz CT molecular complexity index is 1400. The van der Waals surface area contributed by atoms with Gasteiger partial charge in [-0.2, -0.15) is 0 Å². The van der Waals surface area contributed by atoms with Crippen molar-refractivity contribution < 1.29 is 43.5 Å². The summed E-state index contributed by atoms with van der Waals surface area (Å²) in [5, 5.41) is 21.0. The number of carbonyl (C=O) groups is 3. The Balaban J connectivity index is 1.61. The summed E-state index contributed by atoms with van der Waals surface area (Å²) in [4.78, 5) is 35.0. The number of amides is 1. The van der Waals surface area contributed by atoms with Gasteiger partial charge in [-0.25, -0.2) is 0 Å². The van der Waals surface area contributed by atoms with Crippen molar-refractivity contribution in [2.24, 2.45) is 0 Å². The van der Waals surface area contributed by atoms with Crippen LogP contribution in [-0.2, 0) is 22.6 Å². The lowest BCUT2D eigenvalue weighted by Gasteiger charge is -2.19. The third-order valence-corrected chi connectivity index (χ3v) is 6.39. The first-order valence-corrected chi connectivity index (χ1v) is 13.5. The van der Waals surface area contributed by atoms with Gasteiger partial charge in [0.25, 0.3) is 5.91 Å². The van der Waals surface area contributed by atoms with Crippen LogP contribution < -0.4 is 24.3 Å². The maximum absolute atomic E-state index is 12.8. The molecule has 1 heterocycles. The Morgan fingerprint density at radius 3 is 2.41 bits per heavy atom. The number of fused-ring (bicyclic) bond motifs is 1. The first-order valence-electron chi connectivity index (χ1n) is 13.5. The second-order valence-electron chi connectivity index (χ2n) is 9.39. The topological polar surface area (TPSA) is 141 Å². The van der Waals surface area contributed by atoms with Crippen molar-refractivity contribution in [3.63, 3.8) is 0 Å². The molecule has 0 aromatic heterocycles. The average Bonchev–Trinajstić information content (AvgIpc) is 2.97. The fraction of sp³-hybridized carbons (Fsp3) is 0.323. The third-order valence-electron chi connectivity index (χ3n) is 6.39. The predicted octanol–water partition coefficient (Wildman–Crippen LogP) is 4.71. The molecule has 10 nitrogen and oxygen atoms in total. The maximum Gasteiger partial charge on any atom is 0.303 e. The highest BCUT2D eigenvalue weighted by molar-refractivity contribution is 5.96. The van der Waals surface area contributed by atoms with Gasteiger partial charge >= 0.3 is 11.9 Å². The van der Waals surface area contributed by atoms with Gasteiger partial charge in [0, 0.05) is 30.5 Å². The number of ether oxygens (including phenoxy) is 4. The lowest BCUT2D eigenvalue weighted by atomic mass is 10.0. The molecule has 1 amide bonds. The van der Waals surface area contributed by atoms with E-state index in [1.54, 1.807) is 24.3 Å². The van der Waals surface area contributed by atoms with Gasteiger partial charge in [0.15, 0.2) is 11.5 Å². The van der Waals surface area contributed by atoms with Crippen molar-refractivity contribution in [2.45, 2.75) is 39.2 Å². The largest absolute Gasteiger partial charge is 0.493 e. The summed E-state index contributed by atoms with van der Waals surface area (Å²) in [6.07, 6.45) is 0.401. The van der Waals surface area contributed by atoms with Gasteiger partial charge in [-0.05, 0) is 72.9 Å². The molecule has 3 aromatic carbocycles. The first-order chi connectivity index (χ1) is 19.8. The number of benzene rings is 3. The average molecular weight is 564 g/mol. The smallest absolute Gasteiger partial charge is 0.303 e. The molecule has 0 spiro atoms. The van der Waals surface area contributed by atoms with Crippen LogP contribution in [0.4, 0.5) is 0 Å². The van der Waals surface area contributed by atoms with Crippen molar-refractivity contribution >= 4 is 17.8 Å². The van der Waals surface area contributed by atoms with Gasteiger partial charge in [-0.3, -0.25) is 14.4 Å². The highest BCUT2D eigenvalue weighted by Gasteiger charge is 2.17. The van der Waals surface area contributed by atoms with Crippen LogP contribution in [0, 0.1) is 0 Å². The van der Waals surface area contributed by atoms with E-state index in [4.69, 9.17) is 24.1 Å². The zero-order chi connectivity index (χ0) is 29.2. The van der Waals surface area contributed by atoms with Crippen LogP contribution in [0.15, 0.2) is 54.6 Å². The molecule has 0 fully saturated rings. The summed E-state index contributed by atoms with van der Waals surface area (Å²) in [7, 11) is 0. The highest BCUT2D eigenvalue weighted by atomic mass is 16.6. The normalized spacial score (nSPS) is 11.9. The van der Waals surface area contributed by atoms with Crippen LogP contribution in [0.25, 0.3) is 11.1 Å². The van der Waals surface area contributed by atoms with E-state index in [1.165, 1.54) is 0 Å². The number of rotatable bonds is 14. The van der Waals surface area contributed by atoms with Crippen LogP contribution in [0.1, 0.15) is 47.7 Å². The molecular weight excluding hydrogens is 530 g/mol. The molecule has 0 unspecified atom stereocenters. The number of hydrogen-bond acceptors (Lipinski definition) is 7. The molecule has 0 saturated heterocycles. The van der Waals surface area contributed by atoms with Gasteiger partial charge in [-0.1, -0.05) is 18.2 Å². The van der Waals surface area contributed by atoms with Gasteiger partial charge in [0.1, 0.15) is 31.3 Å². The van der Waals surface area contributed by atoms with Crippen LogP contribution in [0.3, 0.4) is 0 Å². The molecule has 0 aliphatic carbocycles. The van der Waals surface area contributed by atoms with Crippen molar-refractivity contribution in [1.82, 2.24) is 5.32 Å². The van der Waals surface area contributed by atoms with Crippen molar-refractivity contribution in [1.29, 1.82) is 0 Å². The van der Waals surface area contributed by atoms with E-state index in [0.717, 1.165) is 16.7 Å². The van der Waals surface area contributed by atoms with E-state index in [2.05, 4.69) is 5.32 Å². The van der Waals surface area contributed by atoms with Gasteiger partial charge in [0.2, 0.25) is 0 Å². The number of carbonyl (C=O) groups excluding carboxylic acids is 1. The predicted molar refractivity (Wildman–Crippen MR) is 150 cm³/mol. The monoisotopic (exact) mass is 563 g/mol. The summed E-state index contributed by atoms with van der Waals surface area (Å²) in [6.45, 7) is 3.53. The maximum atomic E-state index is 12.8. The molecule has 41 heavy (non-hydrogen) atoms. The zero-order valence-electron chi connectivity index (χ0n) is 22.8. The van der Waals surface area contributed by atoms with E-state index in [1.807, 2.05) is 37.3 Å². The second kappa shape index (κ2) is 14.1. The molecule has 0 saturated carbocycles. The summed E-state index contributed by atoms with van der Waals surface area (Å²) in [5.74, 6) is 0.138. The summed E-state index contributed by atoms with van der Waals surface area (Å²) in [6, 6.07) is 16.2. The van der Waals surface area contributed by atoms with E-state index in [-0.39, 0.29) is 38.4 Å². The third kappa shape index (κ3) is 8.14. The molecule has 3 N–H and O–H groups in total. The van der Waals surface area contributed by atoms with Gasteiger partial charge < -0.3 is 34.5 Å². The zero-order valence-corrected chi connectivity index (χ0v) is 22.8. The molecule has 1 aliphatic rings. The molecule has 0 bridgehead atoms. The minimum Gasteiger partial charge on any atom is -0.493 e. The molecular formula is C31H33NO9. The summed E-state index contributed by atoms with van der Waals surface area (Å²) < 4.78 is 23.4. The quantitative estimate of drug-likeness (QED) is 0.238. The highest BCUT2D eigenvalue weighted by Crippen LogP contribution is 2.36.